The SMILES string of the molecule is O=[N+]([O-])c1c(Br)ccc(C(F)(F)F)c1S(=O)(=O)Cl. The number of hydrogen-bond donors (Lipinski definition) is 0. The van der Waals surface area contributed by atoms with Crippen LogP contribution in [0.15, 0.2) is 21.5 Å². The van der Waals surface area contributed by atoms with Crippen LogP contribution in [0, 0.1) is 10.1 Å². The van der Waals surface area contributed by atoms with Crippen LogP contribution in [0.4, 0.5) is 18.9 Å². The van der Waals surface area contributed by atoms with Crippen molar-refractivity contribution in [3.63, 3.8) is 0 Å². The van der Waals surface area contributed by atoms with Crippen LogP contribution in [-0.2, 0) is 15.2 Å². The molecule has 0 aliphatic heterocycles. The van der Waals surface area contributed by atoms with E-state index in [1.165, 1.54) is 0 Å². The Kier molecular flexibility index (Phi) is 3.94. The fourth-order valence-electron chi connectivity index (χ4n) is 1.19. The Morgan fingerprint density at radius 2 is 1.83 bits per heavy atom. The first-order valence-corrected chi connectivity index (χ1v) is 7.05. The number of halogens is 5. The maximum Gasteiger partial charge on any atom is 0.417 e. The molecule has 0 N–H and O–H groups in total. The number of alkyl halides is 3. The summed E-state index contributed by atoms with van der Waals surface area (Å²) in [4.78, 5) is 7.83. The van der Waals surface area contributed by atoms with Crippen molar-refractivity contribution in [2.45, 2.75) is 11.1 Å². The third-order valence-corrected chi connectivity index (χ3v) is 3.82. The Bertz CT molecular complexity index is 616. The molecule has 0 amide bonds. The molecule has 0 unspecified atom stereocenters. The van der Waals surface area contributed by atoms with Crippen molar-refractivity contribution >= 4 is 41.4 Å². The van der Waals surface area contributed by atoms with Crippen molar-refractivity contribution < 1.29 is 26.5 Å². The first-order chi connectivity index (χ1) is 7.96. The van der Waals surface area contributed by atoms with Gasteiger partial charge in [-0.15, -0.1) is 0 Å². The molecular weight excluding hydrogens is 366 g/mol. The van der Waals surface area contributed by atoms with E-state index in [2.05, 4.69) is 15.9 Å². The Morgan fingerprint density at radius 1 is 1.33 bits per heavy atom. The average Bonchev–Trinajstić information content (AvgIpc) is 2.12. The first kappa shape index (κ1) is 15.2. The molecule has 100 valence electrons. The number of rotatable bonds is 2. The van der Waals surface area contributed by atoms with Crippen molar-refractivity contribution in [3.05, 3.63) is 32.3 Å². The van der Waals surface area contributed by atoms with E-state index >= 15 is 0 Å². The largest absolute Gasteiger partial charge is 0.417 e. The lowest BCUT2D eigenvalue weighted by molar-refractivity contribution is -0.389. The van der Waals surface area contributed by atoms with Gasteiger partial charge in [-0.3, -0.25) is 10.1 Å². The fourth-order valence-corrected chi connectivity index (χ4v) is 3.12. The normalized spacial score (nSPS) is 12.5. The van der Waals surface area contributed by atoms with E-state index in [4.69, 9.17) is 10.7 Å². The van der Waals surface area contributed by atoms with Crippen LogP contribution in [0.25, 0.3) is 0 Å². The lowest BCUT2D eigenvalue weighted by Gasteiger charge is -2.11. The predicted molar refractivity (Wildman–Crippen MR) is 58.8 cm³/mol. The minimum atomic E-state index is -5.08. The van der Waals surface area contributed by atoms with Crippen molar-refractivity contribution in [2.24, 2.45) is 0 Å². The Balaban J connectivity index is 3.90. The zero-order chi connectivity index (χ0) is 14.3. The van der Waals surface area contributed by atoms with Crippen molar-refractivity contribution in [1.82, 2.24) is 0 Å². The van der Waals surface area contributed by atoms with E-state index in [-0.39, 0.29) is 0 Å². The molecule has 0 aliphatic rings. The summed E-state index contributed by atoms with van der Waals surface area (Å²) in [5.41, 5.74) is -2.94. The molecule has 0 aliphatic carbocycles. The van der Waals surface area contributed by atoms with Gasteiger partial charge in [0.1, 0.15) is 0 Å². The molecule has 0 saturated heterocycles. The number of benzene rings is 1. The van der Waals surface area contributed by atoms with Gasteiger partial charge in [-0.1, -0.05) is 0 Å². The van der Waals surface area contributed by atoms with Crippen LogP contribution < -0.4 is 0 Å². The van der Waals surface area contributed by atoms with Gasteiger partial charge in [0.05, 0.1) is 15.0 Å². The molecule has 0 spiro atoms. The molecule has 1 aromatic carbocycles. The van der Waals surface area contributed by atoms with Gasteiger partial charge in [0.25, 0.3) is 9.05 Å². The van der Waals surface area contributed by atoms with Crippen molar-refractivity contribution in [2.75, 3.05) is 0 Å². The molecule has 0 fully saturated rings. The molecule has 1 aromatic rings. The summed E-state index contributed by atoms with van der Waals surface area (Å²) < 4.78 is 59.6. The van der Waals surface area contributed by atoms with Crippen LogP contribution in [0.5, 0.6) is 0 Å². The summed E-state index contributed by atoms with van der Waals surface area (Å²) in [6.07, 6.45) is -5.08. The van der Waals surface area contributed by atoms with Gasteiger partial charge in [-0.05, 0) is 28.1 Å². The Labute approximate surface area is 111 Å². The summed E-state index contributed by atoms with van der Waals surface area (Å²) in [5, 5.41) is 10.7. The maximum absolute atomic E-state index is 12.6. The third-order valence-electron chi connectivity index (χ3n) is 1.81. The molecule has 5 nitrogen and oxygen atoms in total. The molecule has 0 saturated carbocycles. The smallest absolute Gasteiger partial charge is 0.258 e. The zero-order valence-electron chi connectivity index (χ0n) is 8.03. The predicted octanol–water partition coefficient (Wildman–Crippen LogP) is 3.30. The monoisotopic (exact) mass is 367 g/mol. The molecule has 1 rings (SSSR count). The summed E-state index contributed by atoms with van der Waals surface area (Å²) in [6.45, 7) is 0. The van der Waals surface area contributed by atoms with E-state index in [1.54, 1.807) is 0 Å². The highest BCUT2D eigenvalue weighted by Crippen LogP contribution is 2.43. The van der Waals surface area contributed by atoms with Gasteiger partial charge in [-0.25, -0.2) is 8.42 Å². The van der Waals surface area contributed by atoms with E-state index in [1.807, 2.05) is 0 Å². The summed E-state index contributed by atoms with van der Waals surface area (Å²) in [6, 6.07) is 1.12. The highest BCUT2D eigenvalue weighted by Gasteiger charge is 2.42. The maximum atomic E-state index is 12.6. The number of hydrogen-bond acceptors (Lipinski definition) is 4. The fraction of sp³-hybridized carbons (Fsp3) is 0.143. The van der Waals surface area contributed by atoms with Crippen LogP contribution >= 0.6 is 26.6 Å². The highest BCUT2D eigenvalue weighted by molar-refractivity contribution is 9.10. The molecular formula is C7H2BrClF3NO4S. The Morgan fingerprint density at radius 3 is 2.17 bits per heavy atom. The highest BCUT2D eigenvalue weighted by atomic mass is 79.9. The van der Waals surface area contributed by atoms with Crippen molar-refractivity contribution in [3.8, 4) is 0 Å². The number of nitro benzene ring substituents is 1. The average molecular weight is 369 g/mol. The van der Waals surface area contributed by atoms with Gasteiger partial charge in [-0.2, -0.15) is 13.2 Å². The lowest BCUT2D eigenvalue weighted by Crippen LogP contribution is -2.13. The third kappa shape index (κ3) is 2.93. The van der Waals surface area contributed by atoms with Crippen LogP contribution in [0.3, 0.4) is 0 Å². The zero-order valence-corrected chi connectivity index (χ0v) is 11.2. The second kappa shape index (κ2) is 4.67. The van der Waals surface area contributed by atoms with Gasteiger partial charge in [0.15, 0.2) is 4.90 Å². The second-order valence-corrected chi connectivity index (χ2v) is 6.32. The summed E-state index contributed by atoms with van der Waals surface area (Å²) >= 11 is 2.61. The summed E-state index contributed by atoms with van der Waals surface area (Å²) in [5.74, 6) is 0. The second-order valence-electron chi connectivity index (χ2n) is 2.97. The number of nitrogens with zero attached hydrogens (tertiary/aromatic N) is 1. The lowest BCUT2D eigenvalue weighted by atomic mass is 10.2. The summed E-state index contributed by atoms with van der Waals surface area (Å²) in [7, 11) is -0.0963. The van der Waals surface area contributed by atoms with E-state index in [0.717, 1.165) is 6.07 Å². The molecule has 0 bridgehead atoms. The quantitative estimate of drug-likeness (QED) is 0.456. The van der Waals surface area contributed by atoms with Crippen molar-refractivity contribution in [1.29, 1.82) is 0 Å². The standard InChI is InChI=1S/C7H2BrClF3NO4S/c8-4-2-1-3(7(10,11)12)6(18(9,16)17)5(4)13(14)15/h1-2H. The van der Waals surface area contributed by atoms with E-state index < -0.39 is 40.8 Å². The van der Waals surface area contributed by atoms with Crippen LogP contribution in [-0.4, -0.2) is 13.3 Å². The van der Waals surface area contributed by atoms with E-state index in [9.17, 15) is 31.7 Å². The molecule has 0 aromatic heterocycles. The minimum Gasteiger partial charge on any atom is -0.258 e. The Hall–Kier alpha value is -0.870. The molecule has 0 radical (unpaired) electrons. The van der Waals surface area contributed by atoms with Gasteiger partial charge < -0.3 is 0 Å². The first-order valence-electron chi connectivity index (χ1n) is 3.95. The molecule has 0 atom stereocenters. The van der Waals surface area contributed by atoms with Gasteiger partial charge >= 0.3 is 11.9 Å². The topological polar surface area (TPSA) is 77.3 Å². The van der Waals surface area contributed by atoms with Gasteiger partial charge in [0, 0.05) is 10.7 Å². The molecule has 18 heavy (non-hydrogen) atoms. The van der Waals surface area contributed by atoms with Gasteiger partial charge in [0.2, 0.25) is 0 Å². The minimum absolute atomic E-state index is 0.395. The molecule has 11 heteroatoms. The van der Waals surface area contributed by atoms with E-state index in [0.29, 0.717) is 6.07 Å². The van der Waals surface area contributed by atoms with Crippen LogP contribution in [0.1, 0.15) is 5.56 Å². The molecule has 0 heterocycles. The number of nitro groups is 1. The van der Waals surface area contributed by atoms with Crippen LogP contribution in [0.2, 0.25) is 0 Å².